The summed E-state index contributed by atoms with van der Waals surface area (Å²) in [5.41, 5.74) is 5.29. The van der Waals surface area contributed by atoms with Crippen LogP contribution in [0.4, 0.5) is 0 Å². The number of rotatable bonds is 7. The molecule has 1 saturated carbocycles. The summed E-state index contributed by atoms with van der Waals surface area (Å²) < 4.78 is 7.47. The quantitative estimate of drug-likeness (QED) is 0.431. The Bertz CT molecular complexity index is 996. The number of amides is 1. The molecule has 1 aromatic heterocycles. The van der Waals surface area contributed by atoms with Crippen molar-refractivity contribution < 1.29 is 14.6 Å². The number of aromatic hydroxyl groups is 1. The van der Waals surface area contributed by atoms with Crippen LogP contribution >= 0.6 is 0 Å². The number of phenolic OH excluding ortho intramolecular Hbond substituents is 1. The second-order valence-electron chi connectivity index (χ2n) is 12.3. The van der Waals surface area contributed by atoms with Crippen LogP contribution in [0, 0.1) is 12.8 Å². The number of hydrogen-bond acceptors (Lipinski definition) is 3. The molecule has 0 unspecified atom stereocenters. The van der Waals surface area contributed by atoms with Gasteiger partial charge in [0.1, 0.15) is 5.75 Å². The maximum absolute atomic E-state index is 13.1. The summed E-state index contributed by atoms with van der Waals surface area (Å²) in [6.07, 6.45) is 6.37. The first-order valence-corrected chi connectivity index (χ1v) is 13.2. The van der Waals surface area contributed by atoms with Crippen LogP contribution in [0.2, 0.25) is 0 Å². The normalized spacial score (nSPS) is 15.4. The Morgan fingerprint density at radius 2 is 1.60 bits per heavy atom. The topological polar surface area (TPSA) is 63.5 Å². The van der Waals surface area contributed by atoms with Crippen molar-refractivity contribution in [2.75, 3.05) is 20.3 Å². The summed E-state index contributed by atoms with van der Waals surface area (Å²) in [5, 5.41) is 14.2. The van der Waals surface area contributed by atoms with Crippen LogP contribution in [0.15, 0.2) is 18.2 Å². The van der Waals surface area contributed by atoms with Crippen LogP contribution in [0.1, 0.15) is 101 Å². The van der Waals surface area contributed by atoms with Gasteiger partial charge in [0.25, 0.3) is 5.91 Å². The van der Waals surface area contributed by atoms with Gasteiger partial charge in [-0.1, -0.05) is 60.8 Å². The lowest BCUT2D eigenvalue weighted by Gasteiger charge is -2.29. The Morgan fingerprint density at radius 1 is 1.03 bits per heavy atom. The van der Waals surface area contributed by atoms with Crippen LogP contribution in [-0.4, -0.2) is 35.8 Å². The van der Waals surface area contributed by atoms with Gasteiger partial charge < -0.3 is 19.7 Å². The fourth-order valence-corrected chi connectivity index (χ4v) is 5.26. The lowest BCUT2D eigenvalue weighted by molar-refractivity contribution is 0.0936. The first-order valence-electron chi connectivity index (χ1n) is 13.2. The van der Waals surface area contributed by atoms with E-state index in [-0.39, 0.29) is 16.7 Å². The van der Waals surface area contributed by atoms with E-state index in [4.69, 9.17) is 4.74 Å². The SMILES string of the molecule is COCCNC(=O)c1cc(-c2cc(C(C)(C)C)c(O)c(C(C)(C)C)c2)n(CC2CCCCC2)c1C. The van der Waals surface area contributed by atoms with Crippen LogP contribution in [-0.2, 0) is 22.1 Å². The van der Waals surface area contributed by atoms with Crippen molar-refractivity contribution in [1.82, 2.24) is 9.88 Å². The second kappa shape index (κ2) is 10.8. The van der Waals surface area contributed by atoms with E-state index in [2.05, 4.69) is 70.5 Å². The number of phenols is 1. The average molecular weight is 483 g/mol. The molecular weight excluding hydrogens is 436 g/mol. The number of carbonyl (C=O) groups is 1. The molecule has 0 bridgehead atoms. The van der Waals surface area contributed by atoms with Gasteiger partial charge in [0.2, 0.25) is 0 Å². The largest absolute Gasteiger partial charge is 0.507 e. The minimum absolute atomic E-state index is 0.0611. The third kappa shape index (κ3) is 6.30. The van der Waals surface area contributed by atoms with Gasteiger partial charge in [-0.2, -0.15) is 0 Å². The molecule has 2 aromatic rings. The predicted molar refractivity (Wildman–Crippen MR) is 144 cm³/mol. The summed E-state index contributed by atoms with van der Waals surface area (Å²) in [5.74, 6) is 0.946. The van der Waals surface area contributed by atoms with Crippen molar-refractivity contribution >= 4 is 5.91 Å². The highest BCUT2D eigenvalue weighted by Gasteiger charge is 2.29. The lowest BCUT2D eigenvalue weighted by Crippen LogP contribution is -2.27. The molecule has 0 spiro atoms. The number of carbonyl (C=O) groups excluding carboxylic acids is 1. The summed E-state index contributed by atoms with van der Waals surface area (Å²) >= 11 is 0. The smallest absolute Gasteiger partial charge is 0.253 e. The molecule has 1 aliphatic rings. The molecule has 0 radical (unpaired) electrons. The fourth-order valence-electron chi connectivity index (χ4n) is 5.26. The molecule has 0 saturated heterocycles. The third-order valence-electron chi connectivity index (χ3n) is 7.39. The van der Waals surface area contributed by atoms with Crippen LogP contribution in [0.5, 0.6) is 5.75 Å². The van der Waals surface area contributed by atoms with E-state index >= 15 is 0 Å². The highest BCUT2D eigenvalue weighted by Crippen LogP contribution is 2.43. The molecule has 5 nitrogen and oxygen atoms in total. The highest BCUT2D eigenvalue weighted by molar-refractivity contribution is 5.97. The van der Waals surface area contributed by atoms with E-state index < -0.39 is 0 Å². The third-order valence-corrected chi connectivity index (χ3v) is 7.39. The predicted octanol–water partition coefficient (Wildman–Crippen LogP) is 6.72. The molecule has 1 amide bonds. The second-order valence-corrected chi connectivity index (χ2v) is 12.3. The molecule has 3 rings (SSSR count). The van der Waals surface area contributed by atoms with Gasteiger partial charge in [-0.05, 0) is 60.3 Å². The minimum Gasteiger partial charge on any atom is -0.507 e. The summed E-state index contributed by atoms with van der Waals surface area (Å²) in [6, 6.07) is 6.30. The summed E-state index contributed by atoms with van der Waals surface area (Å²) in [4.78, 5) is 13.1. The minimum atomic E-state index is -0.212. The Balaban J connectivity index is 2.18. The highest BCUT2D eigenvalue weighted by atomic mass is 16.5. The number of methoxy groups -OCH3 is 1. The van der Waals surface area contributed by atoms with E-state index in [1.165, 1.54) is 32.1 Å². The molecule has 35 heavy (non-hydrogen) atoms. The lowest BCUT2D eigenvalue weighted by atomic mass is 9.78. The molecule has 1 aliphatic carbocycles. The Morgan fingerprint density at radius 3 is 2.11 bits per heavy atom. The van der Waals surface area contributed by atoms with Crippen molar-refractivity contribution in [1.29, 1.82) is 0 Å². The van der Waals surface area contributed by atoms with Crippen molar-refractivity contribution in [3.05, 3.63) is 40.6 Å². The number of nitrogens with zero attached hydrogens (tertiary/aromatic N) is 1. The fraction of sp³-hybridized carbons (Fsp3) is 0.633. The van der Waals surface area contributed by atoms with Crippen LogP contribution in [0.3, 0.4) is 0 Å². The van der Waals surface area contributed by atoms with Gasteiger partial charge in [-0.25, -0.2) is 0 Å². The van der Waals surface area contributed by atoms with Gasteiger partial charge in [-0.3, -0.25) is 4.79 Å². The number of nitrogens with one attached hydrogen (secondary N) is 1. The van der Waals surface area contributed by atoms with Gasteiger partial charge in [0.05, 0.1) is 12.2 Å². The molecule has 194 valence electrons. The van der Waals surface area contributed by atoms with Crippen molar-refractivity contribution in [3.63, 3.8) is 0 Å². The van der Waals surface area contributed by atoms with Gasteiger partial charge in [0, 0.05) is 42.7 Å². The number of hydrogen-bond donors (Lipinski definition) is 2. The van der Waals surface area contributed by atoms with Crippen molar-refractivity contribution in [2.45, 2.75) is 97.9 Å². The van der Waals surface area contributed by atoms with Crippen molar-refractivity contribution in [2.24, 2.45) is 5.92 Å². The van der Waals surface area contributed by atoms with Crippen LogP contribution < -0.4 is 5.32 Å². The van der Waals surface area contributed by atoms with Crippen molar-refractivity contribution in [3.8, 4) is 17.0 Å². The zero-order valence-corrected chi connectivity index (χ0v) is 23.2. The van der Waals surface area contributed by atoms with Crippen LogP contribution in [0.25, 0.3) is 11.3 Å². The number of benzene rings is 1. The standard InChI is InChI=1S/C30H46N2O3/c1-20-23(28(34)31-14-15-35-8)18-26(32(20)19-21-12-10-9-11-13-21)22-16-24(29(2,3)4)27(33)25(17-22)30(5,6)7/h16-18,21,33H,9-15,19H2,1-8H3,(H,31,34). The van der Waals surface area contributed by atoms with E-state index in [9.17, 15) is 9.90 Å². The van der Waals surface area contributed by atoms with E-state index in [0.29, 0.717) is 24.8 Å². The summed E-state index contributed by atoms with van der Waals surface area (Å²) in [6.45, 7) is 16.8. The maximum Gasteiger partial charge on any atom is 0.253 e. The molecule has 1 heterocycles. The Kier molecular flexibility index (Phi) is 8.41. The molecular formula is C30H46N2O3. The Hall–Kier alpha value is -2.27. The molecule has 0 atom stereocenters. The molecule has 1 fully saturated rings. The van der Waals surface area contributed by atoms with Gasteiger partial charge in [0.15, 0.2) is 0 Å². The Labute approximate surface area is 212 Å². The number of aromatic nitrogens is 1. The molecule has 2 N–H and O–H groups in total. The first kappa shape index (κ1) is 27.3. The molecule has 1 aromatic carbocycles. The van der Waals surface area contributed by atoms with E-state index in [1.807, 2.05) is 6.07 Å². The molecule has 0 aliphatic heterocycles. The number of ether oxygens (including phenoxy) is 1. The average Bonchev–Trinajstić information content (AvgIpc) is 3.09. The zero-order chi connectivity index (χ0) is 26.0. The van der Waals surface area contributed by atoms with Gasteiger partial charge in [-0.15, -0.1) is 0 Å². The van der Waals surface area contributed by atoms with E-state index in [0.717, 1.165) is 40.2 Å². The summed E-state index contributed by atoms with van der Waals surface area (Å²) in [7, 11) is 1.64. The first-order chi connectivity index (χ1) is 16.3. The van der Waals surface area contributed by atoms with E-state index in [1.54, 1.807) is 7.11 Å². The molecule has 5 heteroatoms. The maximum atomic E-state index is 13.1. The zero-order valence-electron chi connectivity index (χ0n) is 23.2. The van der Waals surface area contributed by atoms with Gasteiger partial charge >= 0.3 is 0 Å². The monoisotopic (exact) mass is 482 g/mol.